The Balaban J connectivity index is 1.44. The molecule has 1 aromatic heterocycles. The Hall–Kier alpha value is -1.99. The van der Waals surface area contributed by atoms with E-state index in [-0.39, 0.29) is 5.25 Å². The van der Waals surface area contributed by atoms with E-state index in [0.29, 0.717) is 36.7 Å². The van der Waals surface area contributed by atoms with Crippen LogP contribution in [-0.4, -0.2) is 49.8 Å². The SMILES string of the molecule is Cc1ccc(S(=O)(=O)C2CCN(c3nccc(C4CNC4)n3)CC2)cc1. The van der Waals surface area contributed by atoms with Gasteiger partial charge in [0.15, 0.2) is 9.84 Å². The maximum Gasteiger partial charge on any atom is 0.225 e. The van der Waals surface area contributed by atoms with Crippen molar-refractivity contribution in [2.75, 3.05) is 31.1 Å². The molecule has 6 nitrogen and oxygen atoms in total. The molecule has 2 saturated heterocycles. The van der Waals surface area contributed by atoms with Crippen LogP contribution in [0.15, 0.2) is 41.4 Å². The maximum absolute atomic E-state index is 12.9. The summed E-state index contributed by atoms with van der Waals surface area (Å²) in [5, 5.41) is 2.93. The fourth-order valence-electron chi connectivity index (χ4n) is 3.53. The normalized spacial score (nSPS) is 19.3. The summed E-state index contributed by atoms with van der Waals surface area (Å²) in [6.45, 7) is 5.23. The van der Waals surface area contributed by atoms with Gasteiger partial charge in [-0.05, 0) is 38.0 Å². The Bertz CT molecular complexity index is 871. The van der Waals surface area contributed by atoms with E-state index in [1.54, 1.807) is 12.1 Å². The van der Waals surface area contributed by atoms with Crippen molar-refractivity contribution in [1.82, 2.24) is 15.3 Å². The van der Waals surface area contributed by atoms with Crippen LogP contribution in [0.3, 0.4) is 0 Å². The van der Waals surface area contributed by atoms with Crippen molar-refractivity contribution in [2.45, 2.75) is 35.8 Å². The Morgan fingerprint density at radius 2 is 1.77 bits per heavy atom. The molecule has 0 bridgehead atoms. The molecule has 1 N–H and O–H groups in total. The lowest BCUT2D eigenvalue weighted by atomic mass is 9.99. The highest BCUT2D eigenvalue weighted by molar-refractivity contribution is 7.92. The monoisotopic (exact) mass is 372 g/mol. The third kappa shape index (κ3) is 3.33. The van der Waals surface area contributed by atoms with Gasteiger partial charge in [-0.3, -0.25) is 0 Å². The molecule has 0 spiro atoms. The molecule has 0 radical (unpaired) electrons. The topological polar surface area (TPSA) is 75.2 Å². The second-order valence-corrected chi connectivity index (χ2v) is 9.41. The molecule has 0 saturated carbocycles. The zero-order valence-corrected chi connectivity index (χ0v) is 15.7. The van der Waals surface area contributed by atoms with E-state index in [1.165, 1.54) is 0 Å². The average Bonchev–Trinajstić information content (AvgIpc) is 2.61. The van der Waals surface area contributed by atoms with Crippen molar-refractivity contribution in [3.8, 4) is 0 Å². The van der Waals surface area contributed by atoms with Crippen LogP contribution in [0.2, 0.25) is 0 Å². The van der Waals surface area contributed by atoms with E-state index in [0.717, 1.165) is 30.3 Å². The first-order chi connectivity index (χ1) is 12.5. The summed E-state index contributed by atoms with van der Waals surface area (Å²) in [7, 11) is -3.28. The fourth-order valence-corrected chi connectivity index (χ4v) is 5.26. The molecule has 0 atom stereocenters. The molecule has 0 amide bonds. The Morgan fingerprint density at radius 1 is 1.08 bits per heavy atom. The van der Waals surface area contributed by atoms with Gasteiger partial charge >= 0.3 is 0 Å². The smallest absolute Gasteiger partial charge is 0.225 e. The first-order valence-electron chi connectivity index (χ1n) is 9.13. The van der Waals surface area contributed by atoms with Gasteiger partial charge in [0.25, 0.3) is 0 Å². The van der Waals surface area contributed by atoms with Crippen LogP contribution in [0.25, 0.3) is 0 Å². The van der Waals surface area contributed by atoms with Crippen LogP contribution in [0.4, 0.5) is 5.95 Å². The number of anilines is 1. The van der Waals surface area contributed by atoms with Crippen LogP contribution < -0.4 is 10.2 Å². The minimum absolute atomic E-state index is 0.333. The highest BCUT2D eigenvalue weighted by atomic mass is 32.2. The number of sulfone groups is 1. The van der Waals surface area contributed by atoms with Crippen LogP contribution in [-0.2, 0) is 9.84 Å². The number of hydrogen-bond donors (Lipinski definition) is 1. The predicted molar refractivity (Wildman–Crippen MR) is 101 cm³/mol. The van der Waals surface area contributed by atoms with E-state index < -0.39 is 9.84 Å². The lowest BCUT2D eigenvalue weighted by Gasteiger charge is -2.32. The fraction of sp³-hybridized carbons (Fsp3) is 0.474. The van der Waals surface area contributed by atoms with E-state index in [9.17, 15) is 8.42 Å². The minimum Gasteiger partial charge on any atom is -0.341 e. The van der Waals surface area contributed by atoms with Crippen molar-refractivity contribution >= 4 is 15.8 Å². The molecule has 2 aliphatic heterocycles. The highest BCUT2D eigenvalue weighted by Gasteiger charge is 2.32. The second kappa shape index (κ2) is 6.96. The Kier molecular flexibility index (Phi) is 4.67. The summed E-state index contributed by atoms with van der Waals surface area (Å²) in [6.07, 6.45) is 3.02. The van der Waals surface area contributed by atoms with Crippen molar-refractivity contribution < 1.29 is 8.42 Å². The van der Waals surface area contributed by atoms with E-state index in [1.807, 2.05) is 31.3 Å². The predicted octanol–water partition coefficient (Wildman–Crippen LogP) is 1.91. The van der Waals surface area contributed by atoms with Crippen molar-refractivity contribution in [1.29, 1.82) is 0 Å². The number of benzene rings is 1. The van der Waals surface area contributed by atoms with Crippen LogP contribution in [0.5, 0.6) is 0 Å². The molecule has 7 heteroatoms. The van der Waals surface area contributed by atoms with Gasteiger partial charge in [-0.1, -0.05) is 17.7 Å². The zero-order chi connectivity index (χ0) is 18.1. The average molecular weight is 372 g/mol. The second-order valence-electron chi connectivity index (χ2n) is 7.18. The van der Waals surface area contributed by atoms with Crippen LogP contribution in [0, 0.1) is 6.92 Å². The molecule has 138 valence electrons. The van der Waals surface area contributed by atoms with Gasteiger partial charge in [0.05, 0.1) is 15.8 Å². The number of rotatable bonds is 4. The maximum atomic E-state index is 12.9. The molecule has 0 unspecified atom stereocenters. The van der Waals surface area contributed by atoms with Gasteiger partial charge in [0.1, 0.15) is 0 Å². The molecule has 2 aromatic rings. The largest absolute Gasteiger partial charge is 0.341 e. The molecule has 0 aliphatic carbocycles. The number of hydrogen-bond acceptors (Lipinski definition) is 6. The molecule has 1 aromatic carbocycles. The molecule has 4 rings (SSSR count). The Morgan fingerprint density at radius 3 is 2.38 bits per heavy atom. The lowest BCUT2D eigenvalue weighted by Crippen LogP contribution is -2.42. The Labute approximate surface area is 154 Å². The third-order valence-electron chi connectivity index (χ3n) is 5.38. The van der Waals surface area contributed by atoms with Crippen LogP contribution >= 0.6 is 0 Å². The number of nitrogens with one attached hydrogen (secondary N) is 1. The molecular formula is C19H24N4O2S. The third-order valence-corrected chi connectivity index (χ3v) is 7.66. The summed E-state index contributed by atoms with van der Waals surface area (Å²) in [4.78, 5) is 11.6. The van der Waals surface area contributed by atoms with E-state index in [4.69, 9.17) is 4.98 Å². The number of piperidine rings is 1. The number of nitrogens with zero attached hydrogens (tertiary/aromatic N) is 3. The van der Waals surface area contributed by atoms with Gasteiger partial charge in [0, 0.05) is 38.3 Å². The zero-order valence-electron chi connectivity index (χ0n) is 14.9. The van der Waals surface area contributed by atoms with Crippen molar-refractivity contribution in [3.05, 3.63) is 47.8 Å². The number of aryl methyl sites for hydroxylation is 1. The number of aromatic nitrogens is 2. The first kappa shape index (κ1) is 17.4. The van der Waals surface area contributed by atoms with Crippen molar-refractivity contribution in [2.24, 2.45) is 0 Å². The molecule has 3 heterocycles. The van der Waals surface area contributed by atoms with E-state index in [2.05, 4.69) is 15.2 Å². The summed E-state index contributed by atoms with van der Waals surface area (Å²) < 4.78 is 25.7. The standard InChI is InChI=1S/C19H24N4O2S/c1-14-2-4-16(5-3-14)26(24,25)17-7-10-23(11-8-17)19-21-9-6-18(22-19)15-12-20-13-15/h2-6,9,15,17,20H,7-8,10-13H2,1H3. The minimum atomic E-state index is -3.28. The van der Waals surface area contributed by atoms with Gasteiger partial charge in [-0.15, -0.1) is 0 Å². The highest BCUT2D eigenvalue weighted by Crippen LogP contribution is 2.27. The van der Waals surface area contributed by atoms with Gasteiger partial charge in [0.2, 0.25) is 5.95 Å². The molecule has 2 fully saturated rings. The lowest BCUT2D eigenvalue weighted by molar-refractivity contribution is 0.438. The summed E-state index contributed by atoms with van der Waals surface area (Å²) in [6, 6.07) is 9.13. The molecular weight excluding hydrogens is 348 g/mol. The molecule has 2 aliphatic rings. The summed E-state index contributed by atoms with van der Waals surface area (Å²) in [5.41, 5.74) is 2.14. The van der Waals surface area contributed by atoms with Crippen molar-refractivity contribution in [3.63, 3.8) is 0 Å². The van der Waals surface area contributed by atoms with Gasteiger partial charge < -0.3 is 10.2 Å². The van der Waals surface area contributed by atoms with Crippen LogP contribution in [0.1, 0.15) is 30.0 Å². The summed E-state index contributed by atoms with van der Waals surface area (Å²) in [5.74, 6) is 1.19. The van der Waals surface area contributed by atoms with E-state index >= 15 is 0 Å². The quantitative estimate of drug-likeness (QED) is 0.884. The van der Waals surface area contributed by atoms with Gasteiger partial charge in [-0.2, -0.15) is 0 Å². The molecule has 26 heavy (non-hydrogen) atoms. The van der Waals surface area contributed by atoms with Gasteiger partial charge in [-0.25, -0.2) is 18.4 Å². The summed E-state index contributed by atoms with van der Waals surface area (Å²) >= 11 is 0. The first-order valence-corrected chi connectivity index (χ1v) is 10.7.